The van der Waals surface area contributed by atoms with Crippen molar-refractivity contribution in [1.82, 2.24) is 20.1 Å². The lowest BCUT2D eigenvalue weighted by Gasteiger charge is -2.17. The Hall–Kier alpha value is -2.21. The zero-order valence-electron chi connectivity index (χ0n) is 11.5. The van der Waals surface area contributed by atoms with Crippen LogP contribution in [0.5, 0.6) is 0 Å². The summed E-state index contributed by atoms with van der Waals surface area (Å²) in [4.78, 5) is 11.4. The summed E-state index contributed by atoms with van der Waals surface area (Å²) >= 11 is 0. The van der Waals surface area contributed by atoms with Crippen LogP contribution in [0, 0.1) is 0 Å². The van der Waals surface area contributed by atoms with Crippen LogP contribution in [0.1, 0.15) is 30.3 Å². The van der Waals surface area contributed by atoms with Crippen molar-refractivity contribution in [3.05, 3.63) is 48.0 Å². The van der Waals surface area contributed by atoms with Gasteiger partial charge in [-0.15, -0.1) is 10.2 Å². The van der Waals surface area contributed by atoms with Crippen LogP contribution in [-0.2, 0) is 11.8 Å². The zero-order chi connectivity index (χ0) is 14.5. The van der Waals surface area contributed by atoms with E-state index in [2.05, 4.69) is 15.5 Å². The number of nitrogens with one attached hydrogen (secondary N) is 1. The first kappa shape index (κ1) is 14.2. The predicted octanol–water partition coefficient (Wildman–Crippen LogP) is 1.33. The Balaban J connectivity index is 2.04. The first-order valence-corrected chi connectivity index (χ1v) is 6.44. The second kappa shape index (κ2) is 6.29. The largest absolute Gasteiger partial charge is 0.481 e. The highest BCUT2D eigenvalue weighted by atomic mass is 16.4. The fourth-order valence-corrected chi connectivity index (χ4v) is 2.10. The molecule has 0 bridgehead atoms. The number of rotatable bonds is 6. The predicted molar refractivity (Wildman–Crippen MR) is 74.2 cm³/mol. The van der Waals surface area contributed by atoms with E-state index in [9.17, 15) is 9.90 Å². The molecule has 0 saturated heterocycles. The number of carboxylic acid groups (broad SMARTS) is 1. The molecule has 0 radical (unpaired) electrons. The van der Waals surface area contributed by atoms with Gasteiger partial charge in [-0.2, -0.15) is 0 Å². The molecule has 0 aliphatic rings. The molecule has 1 aromatic carbocycles. The number of benzene rings is 1. The monoisotopic (exact) mass is 274 g/mol. The summed E-state index contributed by atoms with van der Waals surface area (Å²) < 4.78 is 1.82. The molecule has 2 aromatic rings. The minimum absolute atomic E-state index is 0.0620. The highest BCUT2D eigenvalue weighted by Gasteiger charge is 2.21. The Kier molecular flexibility index (Phi) is 4.47. The Labute approximate surface area is 117 Å². The molecule has 6 nitrogen and oxygen atoms in total. The normalized spacial score (nSPS) is 13.9. The average molecular weight is 274 g/mol. The topological polar surface area (TPSA) is 80.0 Å². The molecule has 1 aromatic heterocycles. The Morgan fingerprint density at radius 1 is 1.40 bits per heavy atom. The summed E-state index contributed by atoms with van der Waals surface area (Å²) in [5.41, 5.74) is 0.790. The fraction of sp³-hybridized carbons (Fsp3) is 0.357. The number of nitrogens with zero attached hydrogens (tertiary/aromatic N) is 3. The van der Waals surface area contributed by atoms with Crippen molar-refractivity contribution in [2.75, 3.05) is 6.54 Å². The van der Waals surface area contributed by atoms with Crippen molar-refractivity contribution in [3.8, 4) is 0 Å². The van der Waals surface area contributed by atoms with Gasteiger partial charge < -0.3 is 15.0 Å². The van der Waals surface area contributed by atoms with E-state index in [4.69, 9.17) is 0 Å². The second-order valence-electron chi connectivity index (χ2n) is 4.73. The first-order valence-electron chi connectivity index (χ1n) is 6.44. The van der Waals surface area contributed by atoms with Crippen molar-refractivity contribution in [3.63, 3.8) is 0 Å². The Morgan fingerprint density at radius 2 is 2.10 bits per heavy atom. The molecule has 0 saturated carbocycles. The van der Waals surface area contributed by atoms with E-state index in [1.165, 1.54) is 0 Å². The van der Waals surface area contributed by atoms with Crippen molar-refractivity contribution in [2.45, 2.75) is 18.9 Å². The maximum absolute atomic E-state index is 11.4. The lowest BCUT2D eigenvalue weighted by Crippen LogP contribution is -2.30. The maximum Gasteiger partial charge on any atom is 0.312 e. The van der Waals surface area contributed by atoms with Crippen molar-refractivity contribution in [2.24, 2.45) is 7.05 Å². The van der Waals surface area contributed by atoms with E-state index in [0.29, 0.717) is 6.54 Å². The summed E-state index contributed by atoms with van der Waals surface area (Å²) in [7, 11) is 1.86. The number of hydrogen-bond donors (Lipinski definition) is 2. The molecule has 106 valence electrons. The minimum atomic E-state index is -0.839. The lowest BCUT2D eigenvalue weighted by atomic mass is 9.99. The van der Waals surface area contributed by atoms with Crippen LogP contribution in [-0.4, -0.2) is 32.4 Å². The van der Waals surface area contributed by atoms with Gasteiger partial charge in [-0.3, -0.25) is 4.79 Å². The Bertz CT molecular complexity index is 568. The first-order chi connectivity index (χ1) is 9.59. The molecule has 2 rings (SSSR count). The van der Waals surface area contributed by atoms with Crippen molar-refractivity contribution in [1.29, 1.82) is 0 Å². The number of hydrogen-bond acceptors (Lipinski definition) is 4. The van der Waals surface area contributed by atoms with Gasteiger partial charge in [0.05, 0.1) is 12.0 Å². The number of aliphatic carboxylic acids is 1. The molecular formula is C14H18N4O2. The molecular weight excluding hydrogens is 256 g/mol. The van der Waals surface area contributed by atoms with Gasteiger partial charge >= 0.3 is 5.97 Å². The SMILES string of the molecule is CC(NCC(C(=O)O)c1ccccc1)c1nncn1C. The van der Waals surface area contributed by atoms with Crippen LogP contribution in [0.4, 0.5) is 0 Å². The van der Waals surface area contributed by atoms with Gasteiger partial charge in [0.2, 0.25) is 0 Å². The van der Waals surface area contributed by atoms with Gasteiger partial charge in [-0.1, -0.05) is 30.3 Å². The fourth-order valence-electron chi connectivity index (χ4n) is 2.10. The van der Waals surface area contributed by atoms with Crippen LogP contribution >= 0.6 is 0 Å². The van der Waals surface area contributed by atoms with Crippen LogP contribution in [0.15, 0.2) is 36.7 Å². The van der Waals surface area contributed by atoms with E-state index in [1.807, 2.05) is 48.9 Å². The molecule has 0 aliphatic heterocycles. The summed E-state index contributed by atoms with van der Waals surface area (Å²) in [6.07, 6.45) is 1.62. The second-order valence-corrected chi connectivity index (χ2v) is 4.73. The molecule has 1 heterocycles. The molecule has 2 unspecified atom stereocenters. The van der Waals surface area contributed by atoms with Crippen LogP contribution in [0.2, 0.25) is 0 Å². The standard InChI is InChI=1S/C14H18N4O2/c1-10(13-17-16-9-18(13)2)15-8-12(14(19)20)11-6-4-3-5-7-11/h3-7,9-10,12,15H,8H2,1-2H3,(H,19,20). The van der Waals surface area contributed by atoms with Gasteiger partial charge in [0.1, 0.15) is 12.2 Å². The summed E-state index contributed by atoms with van der Waals surface area (Å²) in [5.74, 6) is -0.636. The van der Waals surface area contributed by atoms with Crippen LogP contribution in [0.25, 0.3) is 0 Å². The van der Waals surface area contributed by atoms with E-state index in [1.54, 1.807) is 6.33 Å². The molecule has 2 N–H and O–H groups in total. The Morgan fingerprint density at radius 3 is 2.65 bits per heavy atom. The van der Waals surface area contributed by atoms with E-state index in [0.717, 1.165) is 11.4 Å². The molecule has 0 spiro atoms. The highest BCUT2D eigenvalue weighted by molar-refractivity contribution is 5.76. The number of aryl methyl sites for hydroxylation is 1. The summed E-state index contributed by atoms with van der Waals surface area (Å²) in [6.45, 7) is 2.28. The van der Waals surface area contributed by atoms with E-state index < -0.39 is 11.9 Å². The highest BCUT2D eigenvalue weighted by Crippen LogP contribution is 2.16. The molecule has 0 fully saturated rings. The number of carbonyl (C=O) groups is 1. The number of aromatic nitrogens is 3. The molecule has 2 atom stereocenters. The van der Waals surface area contributed by atoms with E-state index in [-0.39, 0.29) is 6.04 Å². The van der Waals surface area contributed by atoms with E-state index >= 15 is 0 Å². The van der Waals surface area contributed by atoms with Crippen molar-refractivity contribution >= 4 is 5.97 Å². The molecule has 20 heavy (non-hydrogen) atoms. The van der Waals surface area contributed by atoms with Crippen LogP contribution in [0.3, 0.4) is 0 Å². The van der Waals surface area contributed by atoms with Gasteiger partial charge in [0.15, 0.2) is 0 Å². The average Bonchev–Trinajstić information content (AvgIpc) is 2.86. The zero-order valence-corrected chi connectivity index (χ0v) is 11.5. The maximum atomic E-state index is 11.4. The third kappa shape index (κ3) is 3.21. The third-order valence-corrected chi connectivity index (χ3v) is 3.26. The lowest BCUT2D eigenvalue weighted by molar-refractivity contribution is -0.138. The van der Waals surface area contributed by atoms with Gasteiger partial charge in [0, 0.05) is 13.6 Å². The quantitative estimate of drug-likeness (QED) is 0.830. The molecule has 6 heteroatoms. The van der Waals surface area contributed by atoms with Gasteiger partial charge in [0.25, 0.3) is 0 Å². The number of carboxylic acids is 1. The summed E-state index contributed by atoms with van der Waals surface area (Å²) in [5, 5.41) is 20.4. The van der Waals surface area contributed by atoms with Gasteiger partial charge in [-0.25, -0.2) is 0 Å². The van der Waals surface area contributed by atoms with Gasteiger partial charge in [-0.05, 0) is 12.5 Å². The smallest absolute Gasteiger partial charge is 0.312 e. The molecule has 0 aliphatic carbocycles. The van der Waals surface area contributed by atoms with Crippen molar-refractivity contribution < 1.29 is 9.90 Å². The molecule has 0 amide bonds. The van der Waals surface area contributed by atoms with Crippen LogP contribution < -0.4 is 5.32 Å². The minimum Gasteiger partial charge on any atom is -0.481 e. The third-order valence-electron chi connectivity index (χ3n) is 3.26. The summed E-state index contributed by atoms with van der Waals surface area (Å²) in [6, 6.07) is 9.15.